The number of carbonyl (C=O) groups excluding carboxylic acids is 3. The molecule has 0 saturated carbocycles. The van der Waals surface area contributed by atoms with E-state index in [2.05, 4.69) is 5.32 Å². The van der Waals surface area contributed by atoms with E-state index in [1.165, 1.54) is 6.07 Å². The summed E-state index contributed by atoms with van der Waals surface area (Å²) in [6.45, 7) is 1.64. The number of amides is 2. The maximum atomic E-state index is 13.5. The highest BCUT2D eigenvalue weighted by Crippen LogP contribution is 2.26. The number of ether oxygens (including phenoxy) is 1. The van der Waals surface area contributed by atoms with Crippen molar-refractivity contribution in [1.82, 2.24) is 0 Å². The predicted molar refractivity (Wildman–Crippen MR) is 98.1 cm³/mol. The zero-order valence-corrected chi connectivity index (χ0v) is 14.8. The second-order valence-electron chi connectivity index (χ2n) is 6.25. The van der Waals surface area contributed by atoms with Crippen molar-refractivity contribution >= 4 is 29.2 Å². The molecule has 2 aromatic carbocycles. The highest BCUT2D eigenvalue weighted by molar-refractivity contribution is 6.04. The zero-order valence-electron chi connectivity index (χ0n) is 14.8. The highest BCUT2D eigenvalue weighted by Gasteiger charge is 2.26. The van der Waals surface area contributed by atoms with Gasteiger partial charge in [0.25, 0.3) is 5.91 Å². The molecule has 1 aliphatic heterocycles. The lowest BCUT2D eigenvalue weighted by Gasteiger charge is -2.18. The summed E-state index contributed by atoms with van der Waals surface area (Å²) in [5.41, 5.74) is 1.45. The van der Waals surface area contributed by atoms with E-state index >= 15 is 0 Å². The number of esters is 1. The van der Waals surface area contributed by atoms with Crippen LogP contribution in [0.3, 0.4) is 0 Å². The van der Waals surface area contributed by atoms with Crippen molar-refractivity contribution in [1.29, 1.82) is 0 Å². The molecule has 0 aromatic heterocycles. The number of aryl methyl sites for hydroxylation is 1. The van der Waals surface area contributed by atoms with Gasteiger partial charge in [0, 0.05) is 18.7 Å². The lowest BCUT2D eigenvalue weighted by molar-refractivity contribution is -0.119. The quantitative estimate of drug-likeness (QED) is 0.821. The lowest BCUT2D eigenvalue weighted by Crippen LogP contribution is -2.27. The van der Waals surface area contributed by atoms with E-state index in [1.807, 2.05) is 0 Å². The average molecular weight is 370 g/mol. The summed E-state index contributed by atoms with van der Waals surface area (Å²) in [4.78, 5) is 37.8. The van der Waals surface area contributed by atoms with Crippen molar-refractivity contribution in [3.63, 3.8) is 0 Å². The molecule has 7 heteroatoms. The van der Waals surface area contributed by atoms with Gasteiger partial charge < -0.3 is 15.0 Å². The zero-order chi connectivity index (χ0) is 19.4. The Hall–Kier alpha value is -3.22. The Bertz CT molecular complexity index is 897. The van der Waals surface area contributed by atoms with Crippen LogP contribution in [-0.2, 0) is 14.3 Å². The van der Waals surface area contributed by atoms with E-state index in [0.717, 1.165) is 6.42 Å². The second-order valence-corrected chi connectivity index (χ2v) is 6.25. The number of halogens is 1. The van der Waals surface area contributed by atoms with Gasteiger partial charge in [0.2, 0.25) is 5.91 Å². The van der Waals surface area contributed by atoms with Crippen LogP contribution in [0.25, 0.3) is 0 Å². The summed E-state index contributed by atoms with van der Waals surface area (Å²) in [6.07, 6.45) is 1.18. The number of nitrogens with zero attached hydrogens (tertiary/aromatic N) is 1. The van der Waals surface area contributed by atoms with Crippen LogP contribution in [0.1, 0.15) is 28.8 Å². The van der Waals surface area contributed by atoms with E-state index in [1.54, 1.807) is 48.2 Å². The van der Waals surface area contributed by atoms with Gasteiger partial charge in [0.05, 0.1) is 11.3 Å². The maximum absolute atomic E-state index is 13.5. The molecule has 0 aliphatic carbocycles. The predicted octanol–water partition coefficient (Wildman–Crippen LogP) is 3.06. The molecular weight excluding hydrogens is 351 g/mol. The van der Waals surface area contributed by atoms with Gasteiger partial charge in [-0.3, -0.25) is 9.59 Å². The minimum atomic E-state index is -0.699. The molecule has 2 amide bonds. The molecule has 0 atom stereocenters. The fourth-order valence-electron chi connectivity index (χ4n) is 2.86. The fraction of sp³-hybridized carbons (Fsp3) is 0.250. The van der Waals surface area contributed by atoms with E-state index < -0.39 is 24.3 Å². The Balaban J connectivity index is 1.63. The number of anilines is 2. The van der Waals surface area contributed by atoms with Gasteiger partial charge in [-0.05, 0) is 43.2 Å². The standard InChI is InChI=1S/C20H19FN2O4/c1-13-8-9-14(11-16(13)21)22-18(24)12-27-20(26)15-5-2-3-6-17(15)23-10-4-7-19(23)25/h2-3,5-6,8-9,11H,4,7,10,12H2,1H3,(H,22,24). The Kier molecular flexibility index (Phi) is 5.49. The number of hydrogen-bond acceptors (Lipinski definition) is 4. The van der Waals surface area contributed by atoms with Crippen molar-refractivity contribution < 1.29 is 23.5 Å². The minimum Gasteiger partial charge on any atom is -0.452 e. The number of para-hydroxylation sites is 1. The van der Waals surface area contributed by atoms with Crippen LogP contribution in [0.5, 0.6) is 0 Å². The fourth-order valence-corrected chi connectivity index (χ4v) is 2.86. The van der Waals surface area contributed by atoms with Crippen molar-refractivity contribution in [3.8, 4) is 0 Å². The molecule has 1 N–H and O–H groups in total. The molecule has 6 nitrogen and oxygen atoms in total. The summed E-state index contributed by atoms with van der Waals surface area (Å²) >= 11 is 0. The van der Waals surface area contributed by atoms with E-state index in [4.69, 9.17) is 4.74 Å². The molecule has 0 bridgehead atoms. The highest BCUT2D eigenvalue weighted by atomic mass is 19.1. The van der Waals surface area contributed by atoms with Crippen molar-refractivity contribution in [2.45, 2.75) is 19.8 Å². The van der Waals surface area contributed by atoms with Gasteiger partial charge in [0.1, 0.15) is 5.82 Å². The molecule has 1 aliphatic rings. The number of hydrogen-bond donors (Lipinski definition) is 1. The van der Waals surface area contributed by atoms with Gasteiger partial charge in [-0.2, -0.15) is 0 Å². The van der Waals surface area contributed by atoms with Crippen molar-refractivity contribution in [3.05, 3.63) is 59.4 Å². The Labute approximate surface area is 155 Å². The van der Waals surface area contributed by atoms with Crippen LogP contribution in [0.15, 0.2) is 42.5 Å². The van der Waals surface area contributed by atoms with Crippen molar-refractivity contribution in [2.75, 3.05) is 23.4 Å². The number of rotatable bonds is 5. The molecule has 1 saturated heterocycles. The first kappa shape index (κ1) is 18.6. The van der Waals surface area contributed by atoms with Crippen LogP contribution in [0.2, 0.25) is 0 Å². The van der Waals surface area contributed by atoms with Gasteiger partial charge in [0.15, 0.2) is 6.61 Å². The molecule has 0 radical (unpaired) electrons. The Morgan fingerprint density at radius 1 is 1.22 bits per heavy atom. The number of carbonyl (C=O) groups is 3. The largest absolute Gasteiger partial charge is 0.452 e. The second kappa shape index (κ2) is 7.99. The minimum absolute atomic E-state index is 0.0469. The smallest absolute Gasteiger partial charge is 0.340 e. The normalized spacial score (nSPS) is 13.6. The Morgan fingerprint density at radius 2 is 2.00 bits per heavy atom. The molecular formula is C20H19FN2O4. The van der Waals surface area contributed by atoms with Gasteiger partial charge >= 0.3 is 5.97 Å². The first-order valence-corrected chi connectivity index (χ1v) is 8.58. The summed E-state index contributed by atoms with van der Waals surface area (Å²) in [6, 6.07) is 10.9. The molecule has 3 rings (SSSR count). The number of nitrogens with one attached hydrogen (secondary N) is 1. The lowest BCUT2D eigenvalue weighted by atomic mass is 10.1. The monoisotopic (exact) mass is 370 g/mol. The van der Waals surface area contributed by atoms with Gasteiger partial charge in [-0.25, -0.2) is 9.18 Å². The third-order valence-corrected chi connectivity index (χ3v) is 4.28. The first-order valence-electron chi connectivity index (χ1n) is 8.58. The van der Waals surface area contributed by atoms with E-state index in [9.17, 15) is 18.8 Å². The topological polar surface area (TPSA) is 75.7 Å². The molecule has 27 heavy (non-hydrogen) atoms. The number of benzene rings is 2. The molecule has 0 spiro atoms. The third-order valence-electron chi connectivity index (χ3n) is 4.28. The molecule has 1 fully saturated rings. The molecule has 2 aromatic rings. The van der Waals surface area contributed by atoms with Gasteiger partial charge in [-0.15, -0.1) is 0 Å². The van der Waals surface area contributed by atoms with Crippen LogP contribution in [-0.4, -0.2) is 30.9 Å². The molecule has 140 valence electrons. The summed E-state index contributed by atoms with van der Waals surface area (Å²) in [5.74, 6) is -1.76. The van der Waals surface area contributed by atoms with E-state index in [-0.39, 0.29) is 17.2 Å². The van der Waals surface area contributed by atoms with E-state index in [0.29, 0.717) is 24.2 Å². The molecule has 1 heterocycles. The summed E-state index contributed by atoms with van der Waals surface area (Å²) in [7, 11) is 0. The first-order chi connectivity index (χ1) is 13.0. The Morgan fingerprint density at radius 3 is 2.70 bits per heavy atom. The van der Waals surface area contributed by atoms with Gasteiger partial charge in [-0.1, -0.05) is 18.2 Å². The average Bonchev–Trinajstić information content (AvgIpc) is 3.08. The summed E-state index contributed by atoms with van der Waals surface area (Å²) < 4.78 is 18.6. The molecule has 0 unspecified atom stereocenters. The van der Waals surface area contributed by atoms with Crippen LogP contribution < -0.4 is 10.2 Å². The SMILES string of the molecule is Cc1ccc(NC(=O)COC(=O)c2ccccc2N2CCCC2=O)cc1F. The van der Waals surface area contributed by atoms with Crippen LogP contribution >= 0.6 is 0 Å². The van der Waals surface area contributed by atoms with Crippen molar-refractivity contribution in [2.24, 2.45) is 0 Å². The van der Waals surface area contributed by atoms with Crippen LogP contribution in [0, 0.1) is 12.7 Å². The third kappa shape index (κ3) is 4.31. The maximum Gasteiger partial charge on any atom is 0.340 e. The summed E-state index contributed by atoms with van der Waals surface area (Å²) in [5, 5.41) is 2.47. The van der Waals surface area contributed by atoms with Crippen LogP contribution in [0.4, 0.5) is 15.8 Å².